The smallest absolute Gasteiger partial charge is 0.433 e. The van der Waals surface area contributed by atoms with E-state index < -0.39 is 65.0 Å². The second kappa shape index (κ2) is 10.6. The molecule has 1 heterocycles. The van der Waals surface area contributed by atoms with Crippen molar-refractivity contribution in [2.24, 2.45) is 10.8 Å². The van der Waals surface area contributed by atoms with Crippen molar-refractivity contribution in [1.29, 1.82) is 0 Å². The molecule has 2 aromatic rings. The number of alkyl halides is 3. The van der Waals surface area contributed by atoms with Crippen molar-refractivity contribution in [2.75, 3.05) is 6.54 Å². The Morgan fingerprint density at radius 3 is 2.15 bits per heavy atom. The lowest BCUT2D eigenvalue weighted by molar-refractivity contribution is -0.158. The van der Waals surface area contributed by atoms with E-state index in [2.05, 4.69) is 5.10 Å². The zero-order chi connectivity index (χ0) is 29.8. The van der Waals surface area contributed by atoms with Gasteiger partial charge in [-0.15, -0.1) is 0 Å². The first kappa shape index (κ1) is 30.3. The molecule has 2 saturated carbocycles. The molecule has 0 bridgehead atoms. The van der Waals surface area contributed by atoms with E-state index in [1.54, 1.807) is 0 Å². The van der Waals surface area contributed by atoms with Crippen molar-refractivity contribution in [1.82, 2.24) is 14.7 Å². The summed E-state index contributed by atoms with van der Waals surface area (Å²) in [6, 6.07) is 0.379. The number of carboxylic acids is 1. The van der Waals surface area contributed by atoms with Gasteiger partial charge in [-0.2, -0.15) is 18.3 Å². The maximum Gasteiger partial charge on any atom is 0.433 e. The number of aromatic nitrogens is 2. The molecule has 218 valence electrons. The van der Waals surface area contributed by atoms with Crippen LogP contribution in [0.3, 0.4) is 0 Å². The minimum absolute atomic E-state index is 0.0399. The average Bonchev–Trinajstić information content (AvgIpc) is 3.25. The third-order valence-corrected chi connectivity index (χ3v) is 8.74. The highest BCUT2D eigenvalue weighted by molar-refractivity contribution is 6.40. The van der Waals surface area contributed by atoms with Crippen LogP contribution in [0.2, 0.25) is 10.0 Å². The molecular weight excluding hydrogens is 577 g/mol. The number of carbonyl (C=O) groups is 3. The minimum Gasteiger partial charge on any atom is -0.481 e. The Morgan fingerprint density at radius 1 is 1.10 bits per heavy atom. The number of Topliss-reactive ketones (excluding diaryl/α,β-unsaturated/α-hetero) is 1. The van der Waals surface area contributed by atoms with E-state index in [0.717, 1.165) is 23.2 Å². The minimum atomic E-state index is -4.98. The summed E-state index contributed by atoms with van der Waals surface area (Å²) in [4.78, 5) is 39.7. The van der Waals surface area contributed by atoms with Gasteiger partial charge in [-0.05, 0) is 63.0 Å². The van der Waals surface area contributed by atoms with Crippen LogP contribution >= 0.6 is 23.2 Å². The van der Waals surface area contributed by atoms with Gasteiger partial charge in [-0.1, -0.05) is 37.0 Å². The summed E-state index contributed by atoms with van der Waals surface area (Å²) in [5, 5.41) is 12.7. The molecule has 4 rings (SSSR count). The predicted octanol–water partition coefficient (Wildman–Crippen LogP) is 7.07. The van der Waals surface area contributed by atoms with Gasteiger partial charge < -0.3 is 10.0 Å². The summed E-state index contributed by atoms with van der Waals surface area (Å²) in [5.41, 5.74) is -3.48. The number of carbonyl (C=O) groups excluding carboxylic acids is 2. The largest absolute Gasteiger partial charge is 0.481 e. The second-order valence-corrected chi connectivity index (χ2v) is 12.6. The Bertz CT molecular complexity index is 1320. The van der Waals surface area contributed by atoms with E-state index in [1.165, 1.54) is 6.92 Å². The van der Waals surface area contributed by atoms with Crippen molar-refractivity contribution >= 4 is 40.9 Å². The topological polar surface area (TPSA) is 92.5 Å². The SMILES string of the molecule is CC1(C)CCC(N(CC(=O)c2c(Cl)cc(F)cc2Cl)C(=O)c2cnn([C@H]3C[C@](C)(C(=O)O)C3)c2C(F)(F)F)CC1. The van der Waals surface area contributed by atoms with Gasteiger partial charge in [0.25, 0.3) is 5.91 Å². The number of rotatable bonds is 7. The molecule has 0 spiro atoms. The molecule has 2 aliphatic carbocycles. The summed E-state index contributed by atoms with van der Waals surface area (Å²) in [7, 11) is 0. The monoisotopic (exact) mass is 605 g/mol. The number of carboxylic acid groups (broad SMARTS) is 1. The standard InChI is InChI=1S/C27H29Cl2F4N3O4/c1-25(2)6-4-15(5-7-25)35(13-20(37)21-18(28)8-14(30)9-19(21)29)23(38)17-12-34-36(22(17)27(31,32)33)16-10-26(3,11-16)24(39)40/h8-9,12,15-16H,4-7,10-11,13H2,1-3H3,(H,39,40)/t16-,26-. The van der Waals surface area contributed by atoms with Crippen molar-refractivity contribution < 1.29 is 37.1 Å². The van der Waals surface area contributed by atoms with Gasteiger partial charge >= 0.3 is 12.1 Å². The number of benzene rings is 1. The quantitative estimate of drug-likeness (QED) is 0.269. The fraction of sp³-hybridized carbons (Fsp3) is 0.556. The van der Waals surface area contributed by atoms with Crippen LogP contribution in [0.25, 0.3) is 0 Å². The number of hydrogen-bond acceptors (Lipinski definition) is 4. The second-order valence-electron chi connectivity index (χ2n) is 11.8. The maximum atomic E-state index is 14.4. The third kappa shape index (κ3) is 5.86. The lowest BCUT2D eigenvalue weighted by atomic mass is 9.67. The van der Waals surface area contributed by atoms with Gasteiger partial charge in [-0.25, -0.2) is 4.39 Å². The van der Waals surface area contributed by atoms with Gasteiger partial charge in [-0.3, -0.25) is 19.1 Å². The highest BCUT2D eigenvalue weighted by Gasteiger charge is 2.51. The average molecular weight is 606 g/mol. The fourth-order valence-electron chi connectivity index (χ4n) is 5.67. The van der Waals surface area contributed by atoms with Gasteiger partial charge in [0, 0.05) is 6.04 Å². The first-order chi connectivity index (χ1) is 18.4. The van der Waals surface area contributed by atoms with Crippen LogP contribution in [0.4, 0.5) is 17.6 Å². The van der Waals surface area contributed by atoms with Crippen LogP contribution in [0.5, 0.6) is 0 Å². The maximum absolute atomic E-state index is 14.4. The molecule has 2 aliphatic rings. The molecule has 0 unspecified atom stereocenters. The summed E-state index contributed by atoms with van der Waals surface area (Å²) < 4.78 is 57.5. The van der Waals surface area contributed by atoms with E-state index in [0.29, 0.717) is 30.4 Å². The zero-order valence-corrected chi connectivity index (χ0v) is 23.6. The van der Waals surface area contributed by atoms with Crippen LogP contribution in [0.15, 0.2) is 18.3 Å². The van der Waals surface area contributed by atoms with Crippen LogP contribution in [-0.4, -0.2) is 50.0 Å². The summed E-state index contributed by atoms with van der Waals surface area (Å²) in [6.45, 7) is 4.91. The molecular formula is C27H29Cl2F4N3O4. The molecule has 0 saturated heterocycles. The van der Waals surface area contributed by atoms with Crippen LogP contribution in [0, 0.1) is 16.6 Å². The Hall–Kier alpha value is -2.66. The molecule has 2 fully saturated rings. The molecule has 0 atom stereocenters. The number of hydrogen-bond donors (Lipinski definition) is 1. The summed E-state index contributed by atoms with van der Waals surface area (Å²) >= 11 is 12.1. The Morgan fingerprint density at radius 2 is 1.65 bits per heavy atom. The van der Waals surface area contributed by atoms with Gasteiger partial charge in [0.1, 0.15) is 5.82 Å². The van der Waals surface area contributed by atoms with E-state index in [1.807, 2.05) is 13.8 Å². The Labute approximate surface area is 238 Å². The first-order valence-electron chi connectivity index (χ1n) is 12.8. The molecule has 40 heavy (non-hydrogen) atoms. The van der Waals surface area contributed by atoms with Crippen molar-refractivity contribution in [2.45, 2.75) is 77.6 Å². The number of halogens is 6. The molecule has 7 nitrogen and oxygen atoms in total. The summed E-state index contributed by atoms with van der Waals surface area (Å²) in [5.74, 6) is -3.67. The lowest BCUT2D eigenvalue weighted by Gasteiger charge is -2.42. The van der Waals surface area contributed by atoms with Crippen LogP contribution < -0.4 is 0 Å². The number of nitrogens with zero attached hydrogens (tertiary/aromatic N) is 3. The molecule has 13 heteroatoms. The highest BCUT2D eigenvalue weighted by atomic mass is 35.5. The number of ketones is 1. The van der Waals surface area contributed by atoms with Crippen molar-refractivity contribution in [3.63, 3.8) is 0 Å². The lowest BCUT2D eigenvalue weighted by Crippen LogP contribution is -2.47. The van der Waals surface area contributed by atoms with E-state index in [-0.39, 0.29) is 33.9 Å². The van der Waals surface area contributed by atoms with E-state index in [4.69, 9.17) is 23.2 Å². The Balaban J connectivity index is 1.71. The highest BCUT2D eigenvalue weighted by Crippen LogP contribution is 2.50. The molecule has 0 radical (unpaired) electrons. The molecule has 1 amide bonds. The molecule has 0 aliphatic heterocycles. The van der Waals surface area contributed by atoms with Crippen molar-refractivity contribution in [3.05, 3.63) is 51.0 Å². The molecule has 1 aromatic carbocycles. The number of aliphatic carboxylic acids is 1. The van der Waals surface area contributed by atoms with Gasteiger partial charge in [0.15, 0.2) is 11.5 Å². The third-order valence-electron chi connectivity index (χ3n) is 8.14. The van der Waals surface area contributed by atoms with Crippen LogP contribution in [-0.2, 0) is 11.0 Å². The van der Waals surface area contributed by atoms with E-state index in [9.17, 15) is 37.1 Å². The zero-order valence-electron chi connectivity index (χ0n) is 22.1. The van der Waals surface area contributed by atoms with Gasteiger partial charge in [0.05, 0.1) is 45.4 Å². The molecule has 1 N–H and O–H groups in total. The number of amides is 1. The van der Waals surface area contributed by atoms with Crippen molar-refractivity contribution in [3.8, 4) is 0 Å². The van der Waals surface area contributed by atoms with Crippen LogP contribution in [0.1, 0.15) is 91.7 Å². The predicted molar refractivity (Wildman–Crippen MR) is 139 cm³/mol. The Kier molecular flexibility index (Phi) is 8.05. The van der Waals surface area contributed by atoms with Gasteiger partial charge in [0.2, 0.25) is 0 Å². The normalized spacial score (nSPS) is 23.0. The fourth-order valence-corrected chi connectivity index (χ4v) is 6.34. The van der Waals surface area contributed by atoms with E-state index >= 15 is 0 Å². The molecule has 1 aromatic heterocycles. The first-order valence-corrected chi connectivity index (χ1v) is 13.6. The summed E-state index contributed by atoms with van der Waals surface area (Å²) in [6.07, 6.45) is -2.07.